The van der Waals surface area contributed by atoms with Crippen LogP contribution in [0, 0.1) is 0 Å². The van der Waals surface area contributed by atoms with E-state index in [0.29, 0.717) is 0 Å². The number of fused-ring (bicyclic) bond motifs is 7. The van der Waals surface area contributed by atoms with Crippen LogP contribution in [-0.4, -0.2) is 97.1 Å². The van der Waals surface area contributed by atoms with Gasteiger partial charge in [0.25, 0.3) is 0 Å². The molecule has 0 saturated heterocycles. The highest BCUT2D eigenvalue weighted by Crippen LogP contribution is 2.62. The number of rotatable bonds is 4. The maximum Gasteiger partial charge on any atom is 0.338 e. The van der Waals surface area contributed by atoms with Crippen LogP contribution in [0.5, 0.6) is 69.0 Å². The lowest BCUT2D eigenvalue weighted by Gasteiger charge is -2.37. The smallest absolute Gasteiger partial charge is 0.338 e. The number of ketones is 2. The summed E-state index contributed by atoms with van der Waals surface area (Å²) >= 11 is 0. The van der Waals surface area contributed by atoms with Gasteiger partial charge in [-0.1, -0.05) is 0 Å². The molecular formula is C37H28O18. The van der Waals surface area contributed by atoms with Gasteiger partial charge < -0.3 is 75.5 Å². The minimum Gasteiger partial charge on any atom is -0.508 e. The lowest BCUT2D eigenvalue weighted by Crippen LogP contribution is -2.48. The molecule has 2 bridgehead atoms. The number of phenolic OH excluding ortho intramolecular Hbond substituents is 10. The molecule has 12 N–H and O–H groups in total. The number of Topliss-reactive ketones (excluding diaryl/α,β-unsaturated/α-hetero) is 1. The second-order valence-electron chi connectivity index (χ2n) is 13.5. The molecule has 4 aromatic carbocycles. The molecule has 2 aliphatic heterocycles. The number of hydrogen-bond donors (Lipinski definition) is 12. The molecule has 2 aliphatic carbocycles. The number of aromatic hydroxyl groups is 10. The molecule has 0 amide bonds. The number of ether oxygens (including phenoxy) is 3. The fourth-order valence-corrected chi connectivity index (χ4v) is 7.79. The topological polar surface area (TPSA) is 322 Å². The second kappa shape index (κ2) is 11.7. The third-order valence-corrected chi connectivity index (χ3v) is 10.3. The van der Waals surface area contributed by atoms with E-state index >= 15 is 0 Å². The van der Waals surface area contributed by atoms with E-state index in [2.05, 4.69) is 0 Å². The van der Waals surface area contributed by atoms with Gasteiger partial charge in [0.05, 0.1) is 17.6 Å². The molecule has 4 aromatic rings. The van der Waals surface area contributed by atoms with Crippen LogP contribution in [-0.2, 0) is 32.8 Å². The van der Waals surface area contributed by atoms with Crippen molar-refractivity contribution in [3.63, 3.8) is 0 Å². The van der Waals surface area contributed by atoms with Crippen LogP contribution < -0.4 is 9.47 Å². The Labute approximate surface area is 306 Å². The maximum absolute atomic E-state index is 14.3. The van der Waals surface area contributed by atoms with Crippen molar-refractivity contribution < 1.29 is 89.9 Å². The van der Waals surface area contributed by atoms with E-state index < -0.39 is 140 Å². The molecule has 18 heteroatoms. The average molecular weight is 761 g/mol. The molecule has 55 heavy (non-hydrogen) atoms. The Bertz CT molecular complexity index is 2430. The number of aliphatic hydroxyl groups excluding tert-OH is 1. The summed E-state index contributed by atoms with van der Waals surface area (Å²) < 4.78 is 17.7. The zero-order valence-electron chi connectivity index (χ0n) is 27.7. The first-order valence-corrected chi connectivity index (χ1v) is 16.3. The van der Waals surface area contributed by atoms with E-state index in [1.165, 1.54) is 0 Å². The van der Waals surface area contributed by atoms with Gasteiger partial charge in [-0.05, 0) is 29.3 Å². The number of carbonyl (C=O) groups excluding carboxylic acids is 3. The van der Waals surface area contributed by atoms with Crippen molar-refractivity contribution in [2.75, 3.05) is 0 Å². The molecule has 0 spiro atoms. The monoisotopic (exact) mass is 760 g/mol. The Hall–Kier alpha value is -7.05. The van der Waals surface area contributed by atoms with Crippen LogP contribution in [0.1, 0.15) is 50.2 Å². The normalized spacial score (nSPS) is 24.8. The first kappa shape index (κ1) is 35.0. The number of aliphatic hydroxyl groups is 2. The van der Waals surface area contributed by atoms with Crippen LogP contribution >= 0.6 is 0 Å². The molecule has 0 aromatic heterocycles. The Morgan fingerprint density at radius 1 is 0.673 bits per heavy atom. The molecular weight excluding hydrogens is 732 g/mol. The quantitative estimate of drug-likeness (QED) is 0.0794. The van der Waals surface area contributed by atoms with Gasteiger partial charge in [-0.15, -0.1) is 0 Å². The third kappa shape index (κ3) is 4.91. The number of carbonyl (C=O) groups is 3. The predicted octanol–water partition coefficient (Wildman–Crippen LogP) is 1.37. The van der Waals surface area contributed by atoms with Crippen molar-refractivity contribution in [3.8, 4) is 69.0 Å². The average Bonchev–Trinajstić information content (AvgIpc) is 3.29. The van der Waals surface area contributed by atoms with E-state index in [0.717, 1.165) is 42.5 Å². The summed E-state index contributed by atoms with van der Waals surface area (Å²) in [5, 5.41) is 128. The largest absolute Gasteiger partial charge is 0.508 e. The third-order valence-electron chi connectivity index (χ3n) is 10.3. The minimum atomic E-state index is -3.20. The van der Waals surface area contributed by atoms with E-state index in [-0.39, 0.29) is 34.6 Å². The molecule has 284 valence electrons. The van der Waals surface area contributed by atoms with E-state index in [1.807, 2.05) is 0 Å². The standard InChI is InChI=1S/C37H28O18/c38-11-3-16(40)13-7-20(44)33(53-21(13)5-11)15-9-24(45)37(52)28-26(25(15)35(37)50)27(30(47)32(49)31(28)48)34-23(8-14-17(41)4-12(39)6-22(14)54-34)55-36(51)10-1-18(42)29(46)19(43)2-10/h1-6,9,20,23,25,33-34,38-44,46-49,52H,7-8H2/t20-,23-,25?,33+,34+,37?/m1/s1. The zero-order valence-corrected chi connectivity index (χ0v) is 27.7. The molecule has 2 heterocycles. The van der Waals surface area contributed by atoms with Gasteiger partial charge in [0.1, 0.15) is 46.7 Å². The molecule has 0 radical (unpaired) electrons. The highest BCUT2D eigenvalue weighted by Gasteiger charge is 2.64. The summed E-state index contributed by atoms with van der Waals surface area (Å²) in [6, 6.07) is 5.56. The van der Waals surface area contributed by atoms with Crippen molar-refractivity contribution in [1.29, 1.82) is 0 Å². The van der Waals surface area contributed by atoms with Gasteiger partial charge in [-0.3, -0.25) is 9.59 Å². The molecule has 0 saturated carbocycles. The lowest BCUT2D eigenvalue weighted by atomic mass is 9.76. The van der Waals surface area contributed by atoms with E-state index in [4.69, 9.17) is 14.2 Å². The second-order valence-corrected chi connectivity index (χ2v) is 13.5. The van der Waals surface area contributed by atoms with Gasteiger partial charge >= 0.3 is 5.97 Å². The first-order chi connectivity index (χ1) is 25.9. The van der Waals surface area contributed by atoms with Crippen LogP contribution in [0.2, 0.25) is 0 Å². The van der Waals surface area contributed by atoms with Crippen LogP contribution in [0.3, 0.4) is 0 Å². The number of phenols is 10. The Morgan fingerprint density at radius 2 is 1.24 bits per heavy atom. The van der Waals surface area contributed by atoms with E-state index in [1.54, 1.807) is 0 Å². The van der Waals surface area contributed by atoms with Crippen LogP contribution in [0.15, 0.2) is 48.0 Å². The van der Waals surface area contributed by atoms with Gasteiger partial charge in [-0.2, -0.15) is 0 Å². The summed E-state index contributed by atoms with van der Waals surface area (Å²) in [6.07, 6.45) is -6.86. The SMILES string of the molecule is O=C(O[C@@H]1Cc2c(O)cc(O)cc2O[C@@H]1c1c(O)c(O)c(O)c2c1C1C(=O)C2(O)C(=O)C=C1[C@@H]1Oc2cc(O)cc(O)c2C[C@H]1O)c1cc(O)c(O)c(O)c1. The van der Waals surface area contributed by atoms with Gasteiger partial charge in [0.15, 0.2) is 46.4 Å². The number of esters is 1. The maximum atomic E-state index is 14.3. The summed E-state index contributed by atoms with van der Waals surface area (Å²) in [5.41, 5.74) is -6.13. The molecule has 4 aliphatic rings. The molecule has 2 unspecified atom stereocenters. The van der Waals surface area contributed by atoms with Crippen molar-refractivity contribution in [2.24, 2.45) is 0 Å². The minimum absolute atomic E-state index is 0.0597. The highest BCUT2D eigenvalue weighted by molar-refractivity contribution is 6.24. The Kier molecular flexibility index (Phi) is 7.46. The highest BCUT2D eigenvalue weighted by atomic mass is 16.6. The predicted molar refractivity (Wildman–Crippen MR) is 178 cm³/mol. The lowest BCUT2D eigenvalue weighted by molar-refractivity contribution is -0.149. The first-order valence-electron chi connectivity index (χ1n) is 16.3. The van der Waals surface area contributed by atoms with Gasteiger partial charge in [0.2, 0.25) is 11.4 Å². The summed E-state index contributed by atoms with van der Waals surface area (Å²) in [7, 11) is 0. The molecule has 6 atom stereocenters. The Morgan fingerprint density at radius 3 is 1.84 bits per heavy atom. The number of hydrogen-bond acceptors (Lipinski definition) is 18. The summed E-state index contributed by atoms with van der Waals surface area (Å²) in [6.45, 7) is 0. The van der Waals surface area contributed by atoms with Crippen molar-refractivity contribution in [1.82, 2.24) is 0 Å². The van der Waals surface area contributed by atoms with Gasteiger partial charge in [0, 0.05) is 59.4 Å². The zero-order chi connectivity index (χ0) is 39.6. The molecule has 0 fully saturated rings. The van der Waals surface area contributed by atoms with Crippen molar-refractivity contribution in [2.45, 2.75) is 48.8 Å². The van der Waals surface area contributed by atoms with Crippen LogP contribution in [0.25, 0.3) is 0 Å². The Balaban J connectivity index is 1.32. The summed E-state index contributed by atoms with van der Waals surface area (Å²) in [4.78, 5) is 41.5. The van der Waals surface area contributed by atoms with E-state index in [9.17, 15) is 75.7 Å². The summed E-state index contributed by atoms with van der Waals surface area (Å²) in [5.74, 6) is -14.8. The van der Waals surface area contributed by atoms with Crippen molar-refractivity contribution >= 4 is 17.5 Å². The van der Waals surface area contributed by atoms with Crippen molar-refractivity contribution in [3.05, 3.63) is 81.4 Å². The molecule has 18 nitrogen and oxygen atoms in total. The molecule has 8 rings (SSSR count). The van der Waals surface area contributed by atoms with Crippen LogP contribution in [0.4, 0.5) is 0 Å². The number of benzene rings is 4. The van der Waals surface area contributed by atoms with Gasteiger partial charge in [-0.25, -0.2) is 4.79 Å². The fraction of sp³-hybridized carbons (Fsp3) is 0.216. The fourth-order valence-electron chi connectivity index (χ4n) is 7.79.